The van der Waals surface area contributed by atoms with Gasteiger partial charge in [-0.05, 0) is 25.0 Å². The topological polar surface area (TPSA) is 73.6 Å². The first-order valence-corrected chi connectivity index (χ1v) is 6.76. The van der Waals surface area contributed by atoms with Crippen LogP contribution in [0, 0.1) is 0 Å². The molecule has 1 heterocycles. The van der Waals surface area contributed by atoms with Crippen LogP contribution >= 0.6 is 0 Å². The van der Waals surface area contributed by atoms with E-state index in [2.05, 4.69) is 10.1 Å². The summed E-state index contributed by atoms with van der Waals surface area (Å²) >= 11 is 0. The van der Waals surface area contributed by atoms with E-state index in [1.54, 1.807) is 6.07 Å². The van der Waals surface area contributed by atoms with Gasteiger partial charge in [-0.25, -0.2) is 0 Å². The number of carbonyl (C=O) groups is 1. The van der Waals surface area contributed by atoms with Gasteiger partial charge in [0.25, 0.3) is 0 Å². The molecule has 0 radical (unpaired) electrons. The Balaban J connectivity index is 1.99. The number of benzene rings is 1. The van der Waals surface area contributed by atoms with Gasteiger partial charge < -0.3 is 20.5 Å². The van der Waals surface area contributed by atoms with Gasteiger partial charge in [0.2, 0.25) is 5.91 Å². The van der Waals surface area contributed by atoms with Crippen LogP contribution in [0.5, 0.6) is 5.75 Å². The zero-order chi connectivity index (χ0) is 16.2. The largest absolute Gasteiger partial charge is 0.484 e. The van der Waals surface area contributed by atoms with Gasteiger partial charge in [0.1, 0.15) is 11.3 Å². The molecule has 1 aliphatic rings. The zero-order valence-electron chi connectivity index (χ0n) is 11.8. The highest BCUT2D eigenvalue weighted by atomic mass is 19.4. The van der Waals surface area contributed by atoms with E-state index < -0.39 is 18.3 Å². The third kappa shape index (κ3) is 4.60. The number of rotatable bonds is 4. The number of hydrogen-bond donors (Lipinski definition) is 2. The van der Waals surface area contributed by atoms with Crippen LogP contribution in [0.4, 0.5) is 18.9 Å². The van der Waals surface area contributed by atoms with E-state index >= 15 is 0 Å². The molecule has 1 fully saturated rings. The van der Waals surface area contributed by atoms with Crippen molar-refractivity contribution in [2.45, 2.75) is 24.6 Å². The molecule has 0 atom stereocenters. The second kappa shape index (κ2) is 6.53. The highest BCUT2D eigenvalue weighted by Gasteiger charge is 2.36. The minimum Gasteiger partial charge on any atom is -0.484 e. The Morgan fingerprint density at radius 1 is 1.36 bits per heavy atom. The number of nitrogens with two attached hydrogens (primary N) is 1. The maximum absolute atomic E-state index is 12.2. The highest BCUT2D eigenvalue weighted by Crippen LogP contribution is 2.24. The molecule has 1 aromatic carbocycles. The number of nitrogens with one attached hydrogen (secondary N) is 1. The summed E-state index contributed by atoms with van der Waals surface area (Å²) in [5.74, 6) is -0.364. The average molecular weight is 318 g/mol. The molecule has 2 rings (SSSR count). The van der Waals surface area contributed by atoms with Crippen LogP contribution in [0.1, 0.15) is 12.8 Å². The quantitative estimate of drug-likeness (QED) is 0.891. The molecule has 0 spiro atoms. The van der Waals surface area contributed by atoms with E-state index in [1.807, 2.05) is 0 Å². The fraction of sp³-hybridized carbons (Fsp3) is 0.500. The Labute approximate surface area is 125 Å². The lowest BCUT2D eigenvalue weighted by molar-refractivity contribution is -0.153. The summed E-state index contributed by atoms with van der Waals surface area (Å²) in [5, 5.41) is 2.61. The fourth-order valence-corrected chi connectivity index (χ4v) is 2.05. The van der Waals surface area contributed by atoms with Gasteiger partial charge in [-0.3, -0.25) is 4.79 Å². The van der Waals surface area contributed by atoms with Gasteiger partial charge in [-0.15, -0.1) is 0 Å². The molecule has 5 nitrogen and oxygen atoms in total. The first-order chi connectivity index (χ1) is 10.3. The van der Waals surface area contributed by atoms with Gasteiger partial charge in [0, 0.05) is 25.0 Å². The summed E-state index contributed by atoms with van der Waals surface area (Å²) in [5.41, 5.74) is 5.34. The lowest BCUT2D eigenvalue weighted by Gasteiger charge is -2.31. The molecule has 0 bridgehead atoms. The normalized spacial score (nSPS) is 17.8. The van der Waals surface area contributed by atoms with Crippen molar-refractivity contribution in [1.29, 1.82) is 0 Å². The van der Waals surface area contributed by atoms with Crippen LogP contribution in [0.2, 0.25) is 0 Å². The third-order valence-corrected chi connectivity index (χ3v) is 3.33. The number of ether oxygens (including phenoxy) is 2. The summed E-state index contributed by atoms with van der Waals surface area (Å²) in [6.07, 6.45) is -3.63. The number of hydrogen-bond acceptors (Lipinski definition) is 4. The standard InChI is InChI=1S/C14H17F3N2O3/c15-14(16,17)9-22-11-3-1-2-10(8-11)19-12(20)13(18)4-6-21-7-5-13/h1-3,8H,4-7,9,18H2,(H,19,20). The number of halogens is 3. The predicted molar refractivity (Wildman–Crippen MR) is 73.6 cm³/mol. The van der Waals surface area contributed by atoms with Gasteiger partial charge in [-0.1, -0.05) is 6.07 Å². The summed E-state index contributed by atoms with van der Waals surface area (Å²) < 4.78 is 46.2. The number of alkyl halides is 3. The van der Waals surface area contributed by atoms with Crippen molar-refractivity contribution in [3.05, 3.63) is 24.3 Å². The Morgan fingerprint density at radius 2 is 2.05 bits per heavy atom. The summed E-state index contributed by atoms with van der Waals surface area (Å²) in [7, 11) is 0. The fourth-order valence-electron chi connectivity index (χ4n) is 2.05. The van der Waals surface area contributed by atoms with Crippen molar-refractivity contribution in [1.82, 2.24) is 0 Å². The smallest absolute Gasteiger partial charge is 0.422 e. The minimum atomic E-state index is -4.41. The lowest BCUT2D eigenvalue weighted by Crippen LogP contribution is -2.54. The van der Waals surface area contributed by atoms with Crippen molar-refractivity contribution in [2.75, 3.05) is 25.1 Å². The Kier molecular flexibility index (Phi) is 4.92. The zero-order valence-corrected chi connectivity index (χ0v) is 11.8. The van der Waals surface area contributed by atoms with E-state index in [9.17, 15) is 18.0 Å². The minimum absolute atomic E-state index is 0.0215. The molecule has 0 saturated carbocycles. The first kappa shape index (κ1) is 16.6. The van der Waals surface area contributed by atoms with Crippen LogP contribution < -0.4 is 15.8 Å². The second-order valence-corrected chi connectivity index (χ2v) is 5.15. The van der Waals surface area contributed by atoms with Gasteiger partial charge in [-0.2, -0.15) is 13.2 Å². The third-order valence-electron chi connectivity index (χ3n) is 3.33. The van der Waals surface area contributed by atoms with Crippen molar-refractivity contribution in [3.8, 4) is 5.75 Å². The maximum Gasteiger partial charge on any atom is 0.422 e. The molecule has 3 N–H and O–H groups in total. The summed E-state index contributed by atoms with van der Waals surface area (Å²) in [6, 6.07) is 5.76. The first-order valence-electron chi connectivity index (χ1n) is 6.76. The molecular formula is C14H17F3N2O3. The molecule has 0 unspecified atom stereocenters. The van der Waals surface area contributed by atoms with Gasteiger partial charge >= 0.3 is 6.18 Å². The molecule has 122 valence electrons. The van der Waals surface area contributed by atoms with Crippen LogP contribution in [0.3, 0.4) is 0 Å². The maximum atomic E-state index is 12.2. The van der Waals surface area contributed by atoms with Crippen molar-refractivity contribution >= 4 is 11.6 Å². The monoisotopic (exact) mass is 318 g/mol. The Bertz CT molecular complexity index is 528. The Hall–Kier alpha value is -1.80. The summed E-state index contributed by atoms with van der Waals surface area (Å²) in [4.78, 5) is 12.2. The molecule has 1 saturated heterocycles. The highest BCUT2D eigenvalue weighted by molar-refractivity contribution is 5.98. The van der Waals surface area contributed by atoms with Crippen molar-refractivity contribution < 1.29 is 27.4 Å². The Morgan fingerprint density at radius 3 is 2.68 bits per heavy atom. The van der Waals surface area contributed by atoms with Crippen LogP contribution in [0.15, 0.2) is 24.3 Å². The predicted octanol–water partition coefficient (Wildman–Crippen LogP) is 2.07. The van der Waals surface area contributed by atoms with Crippen LogP contribution in [-0.2, 0) is 9.53 Å². The molecular weight excluding hydrogens is 301 g/mol. The molecule has 1 aliphatic heterocycles. The molecule has 8 heteroatoms. The van der Waals surface area contributed by atoms with E-state index in [0.717, 1.165) is 0 Å². The molecule has 1 amide bonds. The summed E-state index contributed by atoms with van der Waals surface area (Å²) in [6.45, 7) is -0.583. The van der Waals surface area contributed by atoms with Crippen LogP contribution in [-0.4, -0.2) is 37.4 Å². The average Bonchev–Trinajstić information content (AvgIpc) is 2.46. The van der Waals surface area contributed by atoms with E-state index in [1.165, 1.54) is 18.2 Å². The van der Waals surface area contributed by atoms with E-state index in [0.29, 0.717) is 31.7 Å². The number of anilines is 1. The van der Waals surface area contributed by atoms with Crippen LogP contribution in [0.25, 0.3) is 0 Å². The van der Waals surface area contributed by atoms with Crippen molar-refractivity contribution in [3.63, 3.8) is 0 Å². The lowest BCUT2D eigenvalue weighted by atomic mass is 9.90. The second-order valence-electron chi connectivity index (χ2n) is 5.15. The molecule has 0 aromatic heterocycles. The number of amides is 1. The number of carbonyl (C=O) groups excluding carboxylic acids is 1. The SMILES string of the molecule is NC1(C(=O)Nc2cccc(OCC(F)(F)F)c2)CCOCC1. The molecule has 1 aromatic rings. The van der Waals surface area contributed by atoms with Crippen molar-refractivity contribution in [2.24, 2.45) is 5.73 Å². The van der Waals surface area contributed by atoms with Gasteiger partial charge in [0.05, 0.1) is 0 Å². The van der Waals surface area contributed by atoms with Gasteiger partial charge in [0.15, 0.2) is 6.61 Å². The van der Waals surface area contributed by atoms with E-state index in [-0.39, 0.29) is 11.7 Å². The molecule has 22 heavy (non-hydrogen) atoms. The molecule has 0 aliphatic carbocycles. The van der Waals surface area contributed by atoms with E-state index in [4.69, 9.17) is 10.5 Å².